The number of aliphatic imine (C=N–C) groups is 1. The molecule has 0 aliphatic carbocycles. The van der Waals surface area contributed by atoms with Gasteiger partial charge in [0, 0.05) is 25.7 Å². The summed E-state index contributed by atoms with van der Waals surface area (Å²) in [5, 5.41) is 3.65. The number of piperidine rings is 1. The molecule has 2 aliphatic heterocycles. The standard InChI is InChI=1S/C13H25N3O/c1-14-6-9-16-7-4-12(5-8-16)15-11-13-3-2-10-17-13/h12-13,15H,1-11H2. The Hall–Kier alpha value is -0.450. The second-order valence-electron chi connectivity index (χ2n) is 5.11. The van der Waals surface area contributed by atoms with Gasteiger partial charge in [0.05, 0.1) is 12.6 Å². The van der Waals surface area contributed by atoms with Crippen molar-refractivity contribution in [3.05, 3.63) is 0 Å². The Morgan fingerprint density at radius 3 is 2.76 bits per heavy atom. The van der Waals surface area contributed by atoms with Gasteiger partial charge in [-0.25, -0.2) is 0 Å². The summed E-state index contributed by atoms with van der Waals surface area (Å²) in [7, 11) is 0. The van der Waals surface area contributed by atoms with Gasteiger partial charge in [-0.05, 0) is 45.5 Å². The quantitative estimate of drug-likeness (QED) is 0.700. The van der Waals surface area contributed by atoms with Gasteiger partial charge >= 0.3 is 0 Å². The number of nitrogens with zero attached hydrogens (tertiary/aromatic N) is 2. The third-order valence-corrected chi connectivity index (χ3v) is 3.82. The van der Waals surface area contributed by atoms with Crippen LogP contribution in [0.3, 0.4) is 0 Å². The number of likely N-dealkylation sites (tertiary alicyclic amines) is 1. The second kappa shape index (κ2) is 7.09. The topological polar surface area (TPSA) is 36.9 Å². The van der Waals surface area contributed by atoms with Crippen molar-refractivity contribution in [2.24, 2.45) is 4.99 Å². The molecular formula is C13H25N3O. The minimum absolute atomic E-state index is 0.470. The number of rotatable bonds is 6. The summed E-state index contributed by atoms with van der Waals surface area (Å²) in [6.45, 7) is 9.86. The highest BCUT2D eigenvalue weighted by atomic mass is 16.5. The summed E-state index contributed by atoms with van der Waals surface area (Å²) in [6.07, 6.45) is 5.45. The van der Waals surface area contributed by atoms with Gasteiger partial charge in [0.1, 0.15) is 0 Å². The van der Waals surface area contributed by atoms with Crippen LogP contribution in [0.5, 0.6) is 0 Å². The first-order valence-corrected chi connectivity index (χ1v) is 6.88. The van der Waals surface area contributed by atoms with E-state index in [1.807, 2.05) is 0 Å². The van der Waals surface area contributed by atoms with Crippen LogP contribution in [-0.2, 0) is 4.74 Å². The van der Waals surface area contributed by atoms with Crippen molar-refractivity contribution in [1.82, 2.24) is 10.2 Å². The van der Waals surface area contributed by atoms with E-state index in [2.05, 4.69) is 21.9 Å². The molecule has 2 rings (SSSR count). The number of hydrogen-bond acceptors (Lipinski definition) is 4. The molecule has 0 radical (unpaired) electrons. The summed E-state index contributed by atoms with van der Waals surface area (Å²) >= 11 is 0. The van der Waals surface area contributed by atoms with E-state index in [1.54, 1.807) is 0 Å². The molecule has 0 bridgehead atoms. The minimum atomic E-state index is 0.470. The fraction of sp³-hybridized carbons (Fsp3) is 0.923. The molecule has 0 spiro atoms. The Balaban J connectivity index is 1.56. The van der Waals surface area contributed by atoms with Crippen LogP contribution in [0.2, 0.25) is 0 Å². The zero-order valence-electron chi connectivity index (χ0n) is 10.7. The molecule has 1 unspecified atom stereocenters. The van der Waals surface area contributed by atoms with Crippen LogP contribution < -0.4 is 5.32 Å². The predicted molar refractivity (Wildman–Crippen MR) is 70.9 cm³/mol. The molecule has 0 amide bonds. The molecule has 2 fully saturated rings. The average Bonchev–Trinajstić information content (AvgIpc) is 2.88. The molecular weight excluding hydrogens is 214 g/mol. The summed E-state index contributed by atoms with van der Waals surface area (Å²) in [5.74, 6) is 0. The first-order chi connectivity index (χ1) is 8.38. The maximum Gasteiger partial charge on any atom is 0.0700 e. The maximum absolute atomic E-state index is 5.63. The van der Waals surface area contributed by atoms with E-state index in [4.69, 9.17) is 4.74 Å². The van der Waals surface area contributed by atoms with Gasteiger partial charge < -0.3 is 15.0 Å². The van der Waals surface area contributed by atoms with E-state index >= 15 is 0 Å². The minimum Gasteiger partial charge on any atom is -0.377 e. The fourth-order valence-corrected chi connectivity index (χ4v) is 2.68. The lowest BCUT2D eigenvalue weighted by atomic mass is 10.0. The highest BCUT2D eigenvalue weighted by Gasteiger charge is 2.21. The molecule has 2 aliphatic rings. The Morgan fingerprint density at radius 2 is 2.12 bits per heavy atom. The lowest BCUT2D eigenvalue weighted by molar-refractivity contribution is 0.102. The smallest absolute Gasteiger partial charge is 0.0700 e. The lowest BCUT2D eigenvalue weighted by Crippen LogP contribution is -2.45. The SMILES string of the molecule is C=NCCN1CCC(NCC2CCCO2)CC1. The predicted octanol–water partition coefficient (Wildman–Crippen LogP) is 0.920. The van der Waals surface area contributed by atoms with Crippen LogP contribution in [0.25, 0.3) is 0 Å². The molecule has 4 nitrogen and oxygen atoms in total. The Labute approximate surface area is 104 Å². The first kappa shape index (κ1) is 13.0. The van der Waals surface area contributed by atoms with Gasteiger partial charge in [0.25, 0.3) is 0 Å². The Bertz CT molecular complexity index is 221. The Kier molecular flexibility index (Phi) is 5.42. The third-order valence-electron chi connectivity index (χ3n) is 3.82. The molecule has 98 valence electrons. The van der Waals surface area contributed by atoms with Crippen molar-refractivity contribution in [2.45, 2.75) is 37.8 Å². The van der Waals surface area contributed by atoms with Crippen LogP contribution in [-0.4, -0.2) is 63.1 Å². The average molecular weight is 239 g/mol. The van der Waals surface area contributed by atoms with Crippen LogP contribution in [0.4, 0.5) is 0 Å². The van der Waals surface area contributed by atoms with Crippen molar-refractivity contribution in [3.8, 4) is 0 Å². The summed E-state index contributed by atoms with van der Waals surface area (Å²) in [6, 6.07) is 0.687. The zero-order chi connectivity index (χ0) is 11.9. The summed E-state index contributed by atoms with van der Waals surface area (Å²) < 4.78 is 5.63. The lowest BCUT2D eigenvalue weighted by Gasteiger charge is -2.32. The second-order valence-corrected chi connectivity index (χ2v) is 5.11. The highest BCUT2D eigenvalue weighted by Crippen LogP contribution is 2.13. The monoisotopic (exact) mass is 239 g/mol. The van der Waals surface area contributed by atoms with Gasteiger partial charge in [-0.2, -0.15) is 0 Å². The van der Waals surface area contributed by atoms with Crippen molar-refractivity contribution in [2.75, 3.05) is 39.3 Å². The van der Waals surface area contributed by atoms with Gasteiger partial charge in [0.15, 0.2) is 0 Å². The number of nitrogens with one attached hydrogen (secondary N) is 1. The van der Waals surface area contributed by atoms with Crippen LogP contribution in [0.15, 0.2) is 4.99 Å². The number of hydrogen-bond donors (Lipinski definition) is 1. The van der Waals surface area contributed by atoms with E-state index in [-0.39, 0.29) is 0 Å². The molecule has 0 saturated carbocycles. The molecule has 0 aromatic carbocycles. The van der Waals surface area contributed by atoms with E-state index in [0.29, 0.717) is 12.1 Å². The van der Waals surface area contributed by atoms with Crippen LogP contribution in [0, 0.1) is 0 Å². The third kappa shape index (κ3) is 4.37. The Morgan fingerprint density at radius 1 is 1.29 bits per heavy atom. The molecule has 17 heavy (non-hydrogen) atoms. The van der Waals surface area contributed by atoms with E-state index in [9.17, 15) is 0 Å². The molecule has 4 heteroatoms. The van der Waals surface area contributed by atoms with Crippen molar-refractivity contribution >= 4 is 6.72 Å². The summed E-state index contributed by atoms with van der Waals surface area (Å²) in [5.41, 5.74) is 0. The van der Waals surface area contributed by atoms with Crippen molar-refractivity contribution < 1.29 is 4.74 Å². The highest BCUT2D eigenvalue weighted by molar-refractivity contribution is 5.23. The van der Waals surface area contributed by atoms with Gasteiger partial charge in [-0.3, -0.25) is 4.99 Å². The molecule has 0 aromatic heterocycles. The summed E-state index contributed by atoms with van der Waals surface area (Å²) in [4.78, 5) is 6.40. The van der Waals surface area contributed by atoms with E-state index in [0.717, 1.165) is 26.2 Å². The molecule has 1 N–H and O–H groups in total. The van der Waals surface area contributed by atoms with Crippen LogP contribution in [0.1, 0.15) is 25.7 Å². The first-order valence-electron chi connectivity index (χ1n) is 6.88. The molecule has 0 aromatic rings. The molecule has 1 atom stereocenters. The number of ether oxygens (including phenoxy) is 1. The zero-order valence-corrected chi connectivity index (χ0v) is 10.7. The van der Waals surface area contributed by atoms with E-state index < -0.39 is 0 Å². The molecule has 2 saturated heterocycles. The van der Waals surface area contributed by atoms with Gasteiger partial charge in [0.2, 0.25) is 0 Å². The van der Waals surface area contributed by atoms with Gasteiger partial charge in [-0.15, -0.1) is 0 Å². The van der Waals surface area contributed by atoms with Crippen molar-refractivity contribution in [1.29, 1.82) is 0 Å². The fourth-order valence-electron chi connectivity index (χ4n) is 2.68. The van der Waals surface area contributed by atoms with Crippen LogP contribution >= 0.6 is 0 Å². The normalized spacial score (nSPS) is 27.4. The van der Waals surface area contributed by atoms with Crippen molar-refractivity contribution in [3.63, 3.8) is 0 Å². The maximum atomic E-state index is 5.63. The van der Waals surface area contributed by atoms with Gasteiger partial charge in [-0.1, -0.05) is 0 Å². The van der Waals surface area contributed by atoms with E-state index in [1.165, 1.54) is 38.8 Å². The largest absolute Gasteiger partial charge is 0.377 e. The molecule has 2 heterocycles.